The first-order valence-electron chi connectivity index (χ1n) is 4.62. The van der Waals surface area contributed by atoms with Crippen LogP contribution >= 0.6 is 11.6 Å². The molecule has 1 heterocycles. The van der Waals surface area contributed by atoms with Gasteiger partial charge in [-0.1, -0.05) is 16.8 Å². The summed E-state index contributed by atoms with van der Waals surface area (Å²) >= 11 is 5.99. The number of anilines is 1. The van der Waals surface area contributed by atoms with Crippen LogP contribution in [0.5, 0.6) is 0 Å². The molecule has 0 aliphatic rings. The van der Waals surface area contributed by atoms with Crippen LogP contribution in [0.3, 0.4) is 0 Å². The van der Waals surface area contributed by atoms with Crippen molar-refractivity contribution < 1.29 is 4.52 Å². The second-order valence-corrected chi connectivity index (χ2v) is 3.55. The van der Waals surface area contributed by atoms with Crippen LogP contribution in [0.2, 0.25) is 5.02 Å². The lowest BCUT2D eigenvalue weighted by atomic mass is 10.2. The van der Waals surface area contributed by atoms with Crippen LogP contribution in [0.25, 0.3) is 0 Å². The molecule has 0 spiro atoms. The van der Waals surface area contributed by atoms with E-state index in [1.54, 1.807) is 30.5 Å². The van der Waals surface area contributed by atoms with Crippen molar-refractivity contribution in [1.82, 2.24) is 5.16 Å². The number of nitriles is 1. The Morgan fingerprint density at radius 1 is 1.44 bits per heavy atom. The zero-order valence-corrected chi connectivity index (χ0v) is 9.03. The fourth-order valence-corrected chi connectivity index (χ4v) is 1.49. The molecule has 1 aromatic heterocycles. The molecule has 0 bridgehead atoms. The number of aromatic nitrogens is 1. The molecule has 80 valence electrons. The summed E-state index contributed by atoms with van der Waals surface area (Å²) in [6.45, 7) is 0.506. The molecule has 5 heteroatoms. The SMILES string of the molecule is N#Cc1ccc(NCc2ccno2)c(Cl)c1. The summed E-state index contributed by atoms with van der Waals surface area (Å²) in [4.78, 5) is 0. The standard InChI is InChI=1S/C11H8ClN3O/c12-10-5-8(6-13)1-2-11(10)14-7-9-3-4-15-16-9/h1-5,14H,7H2. The number of hydrogen-bond acceptors (Lipinski definition) is 4. The van der Waals surface area contributed by atoms with Crippen molar-refractivity contribution >= 4 is 17.3 Å². The molecule has 2 rings (SSSR count). The Labute approximate surface area is 97.4 Å². The fourth-order valence-electron chi connectivity index (χ4n) is 1.24. The minimum Gasteiger partial charge on any atom is -0.376 e. The zero-order valence-electron chi connectivity index (χ0n) is 8.27. The Morgan fingerprint density at radius 2 is 2.31 bits per heavy atom. The van der Waals surface area contributed by atoms with Gasteiger partial charge in [-0.15, -0.1) is 0 Å². The molecule has 0 aliphatic carbocycles. The van der Waals surface area contributed by atoms with Gasteiger partial charge in [-0.05, 0) is 18.2 Å². The second kappa shape index (κ2) is 4.69. The minimum absolute atomic E-state index is 0.506. The average molecular weight is 234 g/mol. The second-order valence-electron chi connectivity index (χ2n) is 3.14. The molecule has 0 radical (unpaired) electrons. The number of hydrogen-bond donors (Lipinski definition) is 1. The van der Waals surface area contributed by atoms with Gasteiger partial charge in [0.2, 0.25) is 0 Å². The maximum Gasteiger partial charge on any atom is 0.155 e. The normalized spacial score (nSPS) is 9.75. The predicted octanol–water partition coefficient (Wildman–Crippen LogP) is 2.81. The Hall–Kier alpha value is -1.99. The maximum absolute atomic E-state index is 8.68. The summed E-state index contributed by atoms with van der Waals surface area (Å²) in [5.74, 6) is 0.723. The summed E-state index contributed by atoms with van der Waals surface area (Å²) in [6.07, 6.45) is 1.58. The van der Waals surface area contributed by atoms with Gasteiger partial charge >= 0.3 is 0 Å². The highest BCUT2D eigenvalue weighted by molar-refractivity contribution is 6.33. The van der Waals surface area contributed by atoms with Gasteiger partial charge in [-0.2, -0.15) is 5.26 Å². The lowest BCUT2D eigenvalue weighted by Gasteiger charge is -2.06. The quantitative estimate of drug-likeness (QED) is 0.886. The molecule has 0 atom stereocenters. The molecular weight excluding hydrogens is 226 g/mol. The van der Waals surface area contributed by atoms with Crippen molar-refractivity contribution in [2.45, 2.75) is 6.54 Å². The summed E-state index contributed by atoms with van der Waals surface area (Å²) in [5, 5.41) is 15.9. The van der Waals surface area contributed by atoms with Crippen LogP contribution < -0.4 is 5.32 Å². The Morgan fingerprint density at radius 3 is 2.94 bits per heavy atom. The van der Waals surface area contributed by atoms with Crippen molar-refractivity contribution in [2.75, 3.05) is 5.32 Å². The first-order valence-corrected chi connectivity index (χ1v) is 5.00. The van der Waals surface area contributed by atoms with Gasteiger partial charge in [0.1, 0.15) is 0 Å². The van der Waals surface area contributed by atoms with Crippen molar-refractivity contribution in [2.24, 2.45) is 0 Å². The molecular formula is C11H8ClN3O. The maximum atomic E-state index is 8.68. The molecule has 0 saturated heterocycles. The van der Waals surface area contributed by atoms with Crippen LogP contribution in [0.15, 0.2) is 35.0 Å². The third-order valence-electron chi connectivity index (χ3n) is 2.04. The van der Waals surface area contributed by atoms with E-state index in [1.165, 1.54) is 0 Å². The van der Waals surface area contributed by atoms with Crippen molar-refractivity contribution in [1.29, 1.82) is 5.26 Å². The first-order chi connectivity index (χ1) is 7.79. The highest BCUT2D eigenvalue weighted by Crippen LogP contribution is 2.23. The van der Waals surface area contributed by atoms with Gasteiger partial charge in [-0.3, -0.25) is 0 Å². The summed E-state index contributed by atoms with van der Waals surface area (Å²) in [5.41, 5.74) is 1.30. The smallest absolute Gasteiger partial charge is 0.155 e. The number of nitrogens with one attached hydrogen (secondary N) is 1. The Bertz CT molecular complexity index is 517. The first kappa shape index (κ1) is 10.5. The van der Waals surface area contributed by atoms with Crippen LogP contribution in [0.1, 0.15) is 11.3 Å². The van der Waals surface area contributed by atoms with E-state index in [2.05, 4.69) is 10.5 Å². The number of halogens is 1. The topological polar surface area (TPSA) is 61.9 Å². The van der Waals surface area contributed by atoms with E-state index < -0.39 is 0 Å². The van der Waals surface area contributed by atoms with E-state index in [-0.39, 0.29) is 0 Å². The van der Waals surface area contributed by atoms with Gasteiger partial charge < -0.3 is 9.84 Å². The molecule has 1 N–H and O–H groups in total. The molecule has 0 unspecified atom stereocenters. The van der Waals surface area contributed by atoms with Gasteiger partial charge in [0.05, 0.1) is 35.1 Å². The summed E-state index contributed by atoms with van der Waals surface area (Å²) in [7, 11) is 0. The van der Waals surface area contributed by atoms with E-state index in [9.17, 15) is 0 Å². The molecule has 16 heavy (non-hydrogen) atoms. The molecule has 2 aromatic rings. The van der Waals surface area contributed by atoms with E-state index in [0.29, 0.717) is 17.1 Å². The largest absolute Gasteiger partial charge is 0.376 e. The lowest BCUT2D eigenvalue weighted by molar-refractivity contribution is 0.388. The Balaban J connectivity index is 2.08. The van der Waals surface area contributed by atoms with Crippen molar-refractivity contribution in [3.8, 4) is 6.07 Å². The monoisotopic (exact) mass is 233 g/mol. The summed E-state index contributed by atoms with van der Waals surface area (Å²) in [6, 6.07) is 8.87. The van der Waals surface area contributed by atoms with Crippen LogP contribution in [0.4, 0.5) is 5.69 Å². The third kappa shape index (κ3) is 2.33. The van der Waals surface area contributed by atoms with Crippen LogP contribution in [-0.4, -0.2) is 5.16 Å². The molecule has 0 saturated carbocycles. The number of rotatable bonds is 3. The van der Waals surface area contributed by atoms with Gasteiger partial charge in [0.25, 0.3) is 0 Å². The fraction of sp³-hybridized carbons (Fsp3) is 0.0909. The van der Waals surface area contributed by atoms with Crippen molar-refractivity contribution in [3.05, 3.63) is 46.8 Å². The van der Waals surface area contributed by atoms with Gasteiger partial charge in [0, 0.05) is 6.07 Å². The Kier molecular flexibility index (Phi) is 3.08. The van der Waals surface area contributed by atoms with Gasteiger partial charge in [-0.25, -0.2) is 0 Å². The minimum atomic E-state index is 0.506. The van der Waals surface area contributed by atoms with Crippen molar-refractivity contribution in [3.63, 3.8) is 0 Å². The highest BCUT2D eigenvalue weighted by Gasteiger charge is 2.02. The number of nitrogens with zero attached hydrogens (tertiary/aromatic N) is 2. The summed E-state index contributed by atoms with van der Waals surface area (Å²) < 4.78 is 4.93. The molecule has 4 nitrogen and oxygen atoms in total. The van der Waals surface area contributed by atoms with E-state index in [1.807, 2.05) is 6.07 Å². The van der Waals surface area contributed by atoms with Gasteiger partial charge in [0.15, 0.2) is 5.76 Å². The highest BCUT2D eigenvalue weighted by atomic mass is 35.5. The lowest BCUT2D eigenvalue weighted by Crippen LogP contribution is -1.98. The van der Waals surface area contributed by atoms with E-state index in [4.69, 9.17) is 21.4 Å². The molecule has 0 aliphatic heterocycles. The number of benzene rings is 1. The zero-order chi connectivity index (χ0) is 11.4. The molecule has 1 aromatic carbocycles. The van der Waals surface area contributed by atoms with E-state index >= 15 is 0 Å². The van der Waals surface area contributed by atoms with E-state index in [0.717, 1.165) is 11.4 Å². The predicted molar refractivity (Wildman–Crippen MR) is 60.0 cm³/mol. The van der Waals surface area contributed by atoms with Crippen LogP contribution in [0, 0.1) is 11.3 Å². The third-order valence-corrected chi connectivity index (χ3v) is 2.36. The molecule has 0 fully saturated rings. The average Bonchev–Trinajstić information content (AvgIpc) is 2.80. The molecule has 0 amide bonds. The van der Waals surface area contributed by atoms with Crippen LogP contribution in [-0.2, 0) is 6.54 Å².